The zero-order chi connectivity index (χ0) is 14.9. The van der Waals surface area contributed by atoms with E-state index >= 15 is 0 Å². The van der Waals surface area contributed by atoms with Crippen molar-refractivity contribution in [2.45, 2.75) is 6.42 Å². The van der Waals surface area contributed by atoms with Crippen LogP contribution in [0.5, 0.6) is 11.5 Å². The maximum absolute atomic E-state index is 9.56. The molecule has 0 bridgehead atoms. The standard InChI is InChI=1S/C17H18N2O2.Cu/c20-16-8-3-1-6-14(16)12-18-10-5-11-19-13-15-7-2-4-9-17(15)21;/h1-4,6-9,12-13,20-21H,5,10-11H2;. The molecule has 0 aliphatic heterocycles. The van der Waals surface area contributed by atoms with Crippen LogP contribution in [0, 0.1) is 0 Å². The first-order valence-electron chi connectivity index (χ1n) is 6.83. The number of hydrogen-bond donors (Lipinski definition) is 2. The minimum Gasteiger partial charge on any atom is -0.507 e. The Balaban J connectivity index is 0.00000242. The maximum atomic E-state index is 9.56. The van der Waals surface area contributed by atoms with E-state index < -0.39 is 0 Å². The van der Waals surface area contributed by atoms with Crippen LogP contribution < -0.4 is 0 Å². The van der Waals surface area contributed by atoms with Crippen molar-refractivity contribution in [1.29, 1.82) is 0 Å². The molecule has 0 heterocycles. The average molecular weight is 346 g/mol. The van der Waals surface area contributed by atoms with Gasteiger partial charge in [-0.2, -0.15) is 0 Å². The molecule has 0 aliphatic rings. The molecule has 22 heavy (non-hydrogen) atoms. The first kappa shape index (κ1) is 17.9. The van der Waals surface area contributed by atoms with E-state index in [1.165, 1.54) is 0 Å². The largest absolute Gasteiger partial charge is 0.507 e. The Morgan fingerprint density at radius 1 is 0.727 bits per heavy atom. The van der Waals surface area contributed by atoms with Gasteiger partial charge in [-0.3, -0.25) is 9.98 Å². The van der Waals surface area contributed by atoms with Gasteiger partial charge in [-0.1, -0.05) is 24.3 Å². The molecule has 0 amide bonds. The Hall–Kier alpha value is -2.10. The Labute approximate surface area is 140 Å². The quantitative estimate of drug-likeness (QED) is 0.480. The molecule has 0 aromatic heterocycles. The summed E-state index contributed by atoms with van der Waals surface area (Å²) in [5.74, 6) is 0.470. The number of benzene rings is 2. The number of phenolic OH excluding ortho intramolecular Hbond substituents is 2. The van der Waals surface area contributed by atoms with Crippen LogP contribution in [0.3, 0.4) is 0 Å². The predicted octanol–water partition coefficient (Wildman–Crippen LogP) is 3.02. The first-order chi connectivity index (χ1) is 10.3. The molecule has 0 saturated carbocycles. The monoisotopic (exact) mass is 345 g/mol. The molecule has 0 spiro atoms. The number of para-hydroxylation sites is 2. The Morgan fingerprint density at radius 3 is 1.55 bits per heavy atom. The van der Waals surface area contributed by atoms with Gasteiger partial charge in [0.2, 0.25) is 0 Å². The molecule has 4 nitrogen and oxygen atoms in total. The minimum atomic E-state index is 0. The SMILES string of the molecule is Oc1ccccc1C=NCCCN=Cc1ccccc1O.[Cu]. The number of aliphatic imine (C=N–C) groups is 2. The zero-order valence-electron chi connectivity index (χ0n) is 12.0. The molecule has 2 rings (SSSR count). The summed E-state index contributed by atoms with van der Waals surface area (Å²) in [5.41, 5.74) is 1.44. The molecular weight excluding hydrogens is 328 g/mol. The summed E-state index contributed by atoms with van der Waals surface area (Å²) in [7, 11) is 0. The van der Waals surface area contributed by atoms with Crippen LogP contribution in [-0.2, 0) is 17.1 Å². The number of nitrogens with zero attached hydrogens (tertiary/aromatic N) is 2. The fourth-order valence-electron chi connectivity index (χ4n) is 1.77. The van der Waals surface area contributed by atoms with Crippen molar-refractivity contribution in [3.05, 3.63) is 59.7 Å². The van der Waals surface area contributed by atoms with E-state index in [9.17, 15) is 10.2 Å². The van der Waals surface area contributed by atoms with Gasteiger partial charge in [0.1, 0.15) is 11.5 Å². The summed E-state index contributed by atoms with van der Waals surface area (Å²) in [6.45, 7) is 1.29. The number of rotatable bonds is 6. The second-order valence-corrected chi connectivity index (χ2v) is 4.54. The maximum Gasteiger partial charge on any atom is 0.124 e. The van der Waals surface area contributed by atoms with Gasteiger partial charge < -0.3 is 10.2 Å². The molecule has 2 aromatic rings. The van der Waals surface area contributed by atoms with Crippen molar-refractivity contribution in [3.8, 4) is 11.5 Å². The van der Waals surface area contributed by atoms with E-state index in [1.54, 1.807) is 36.7 Å². The van der Waals surface area contributed by atoms with Crippen LogP contribution in [-0.4, -0.2) is 35.7 Å². The minimum absolute atomic E-state index is 0. The zero-order valence-corrected chi connectivity index (χ0v) is 12.9. The molecule has 2 aromatic carbocycles. The normalized spacial score (nSPS) is 10.9. The van der Waals surface area contributed by atoms with Gasteiger partial charge in [-0.05, 0) is 30.7 Å². The fraction of sp³-hybridized carbons (Fsp3) is 0.176. The van der Waals surface area contributed by atoms with Gasteiger partial charge in [0.15, 0.2) is 0 Å². The van der Waals surface area contributed by atoms with Gasteiger partial charge in [-0.25, -0.2) is 0 Å². The molecule has 1 radical (unpaired) electrons. The van der Waals surface area contributed by atoms with Crippen LogP contribution in [0.25, 0.3) is 0 Å². The Morgan fingerprint density at radius 2 is 1.14 bits per heavy atom. The summed E-state index contributed by atoms with van der Waals surface area (Å²) in [4.78, 5) is 8.51. The van der Waals surface area contributed by atoms with E-state index in [-0.39, 0.29) is 28.6 Å². The topological polar surface area (TPSA) is 65.2 Å². The average Bonchev–Trinajstić information content (AvgIpc) is 2.50. The molecule has 0 saturated heterocycles. The van der Waals surface area contributed by atoms with Crippen LogP contribution in [0.1, 0.15) is 17.5 Å². The molecular formula is C17H18CuN2O2. The van der Waals surface area contributed by atoms with Crippen LogP contribution in [0.4, 0.5) is 0 Å². The Kier molecular flexibility index (Phi) is 7.97. The smallest absolute Gasteiger partial charge is 0.124 e. The summed E-state index contributed by atoms with van der Waals surface area (Å²) in [5, 5.41) is 19.1. The number of phenols is 2. The molecule has 2 N–H and O–H groups in total. The molecule has 0 atom stereocenters. The predicted molar refractivity (Wildman–Crippen MR) is 85.8 cm³/mol. The molecule has 5 heteroatoms. The number of aromatic hydroxyl groups is 2. The molecule has 0 aliphatic carbocycles. The molecule has 119 valence electrons. The van der Waals surface area contributed by atoms with Crippen molar-refractivity contribution < 1.29 is 27.3 Å². The number of hydrogen-bond acceptors (Lipinski definition) is 4. The summed E-state index contributed by atoms with van der Waals surface area (Å²) in [6, 6.07) is 14.2. The third-order valence-corrected chi connectivity index (χ3v) is 2.91. The summed E-state index contributed by atoms with van der Waals surface area (Å²) in [6.07, 6.45) is 4.15. The van der Waals surface area contributed by atoms with Crippen molar-refractivity contribution in [1.82, 2.24) is 0 Å². The van der Waals surface area contributed by atoms with Gasteiger partial charge in [0.05, 0.1) is 0 Å². The summed E-state index contributed by atoms with van der Waals surface area (Å²) < 4.78 is 0. The van der Waals surface area contributed by atoms with Gasteiger partial charge >= 0.3 is 0 Å². The van der Waals surface area contributed by atoms with Crippen LogP contribution in [0.15, 0.2) is 58.5 Å². The van der Waals surface area contributed by atoms with E-state index in [4.69, 9.17) is 0 Å². The van der Waals surface area contributed by atoms with Crippen LogP contribution >= 0.6 is 0 Å². The van der Waals surface area contributed by atoms with E-state index in [2.05, 4.69) is 9.98 Å². The van der Waals surface area contributed by atoms with E-state index in [0.29, 0.717) is 13.1 Å². The van der Waals surface area contributed by atoms with Gasteiger partial charge in [0.25, 0.3) is 0 Å². The fourth-order valence-corrected chi connectivity index (χ4v) is 1.77. The third kappa shape index (κ3) is 5.72. The van der Waals surface area contributed by atoms with Gasteiger partial charge in [0, 0.05) is 53.7 Å². The van der Waals surface area contributed by atoms with Crippen LogP contribution in [0.2, 0.25) is 0 Å². The van der Waals surface area contributed by atoms with Crippen molar-refractivity contribution in [2.24, 2.45) is 9.98 Å². The van der Waals surface area contributed by atoms with Gasteiger partial charge in [-0.15, -0.1) is 0 Å². The summed E-state index contributed by atoms with van der Waals surface area (Å²) >= 11 is 0. The molecule has 0 fully saturated rings. The Bertz CT molecular complexity index is 587. The van der Waals surface area contributed by atoms with E-state index in [0.717, 1.165) is 17.5 Å². The van der Waals surface area contributed by atoms with Crippen molar-refractivity contribution in [2.75, 3.05) is 13.1 Å². The third-order valence-electron chi connectivity index (χ3n) is 2.91. The first-order valence-corrected chi connectivity index (χ1v) is 6.83. The second-order valence-electron chi connectivity index (χ2n) is 4.54. The van der Waals surface area contributed by atoms with E-state index in [1.807, 2.05) is 24.3 Å². The van der Waals surface area contributed by atoms with Crippen molar-refractivity contribution in [3.63, 3.8) is 0 Å². The second kappa shape index (κ2) is 9.77. The molecule has 0 unspecified atom stereocenters. The van der Waals surface area contributed by atoms with Crippen molar-refractivity contribution >= 4 is 12.4 Å².